The lowest BCUT2D eigenvalue weighted by Gasteiger charge is -1.97. The zero-order valence-corrected chi connectivity index (χ0v) is 11.8. The molecule has 0 fully saturated rings. The van der Waals surface area contributed by atoms with Crippen molar-refractivity contribution in [1.29, 1.82) is 0 Å². The topological polar surface area (TPSA) is 17.1 Å². The number of hydrogen-bond acceptors (Lipinski definition) is 1. The molecule has 0 radical (unpaired) electrons. The van der Waals surface area contributed by atoms with Crippen LogP contribution in [0.2, 0.25) is 5.02 Å². The van der Waals surface area contributed by atoms with E-state index in [9.17, 15) is 4.79 Å². The van der Waals surface area contributed by atoms with Gasteiger partial charge in [0.25, 0.3) is 0 Å². The Labute approximate surface area is 119 Å². The first-order chi connectivity index (χ1) is 8.65. The van der Waals surface area contributed by atoms with E-state index >= 15 is 0 Å². The number of halogens is 2. The molecule has 0 saturated heterocycles. The molecule has 2 aromatic carbocycles. The number of hydrogen-bond donors (Lipinski definition) is 0. The average Bonchev–Trinajstić information content (AvgIpc) is 2.36. The van der Waals surface area contributed by atoms with Crippen molar-refractivity contribution < 1.29 is 4.79 Å². The van der Waals surface area contributed by atoms with Crippen LogP contribution in [0.25, 0.3) is 6.08 Å². The molecule has 0 unspecified atom stereocenters. The number of allylic oxidation sites excluding steroid dienone is 1. The zero-order valence-electron chi connectivity index (χ0n) is 9.44. The molecule has 0 bridgehead atoms. The molecule has 0 aliphatic carbocycles. The van der Waals surface area contributed by atoms with Crippen LogP contribution in [0.4, 0.5) is 0 Å². The molecule has 0 atom stereocenters. The minimum atomic E-state index is -0.0312. The highest BCUT2D eigenvalue weighted by Gasteiger charge is 2.01. The predicted octanol–water partition coefficient (Wildman–Crippen LogP) is 5.00. The van der Waals surface area contributed by atoms with Gasteiger partial charge < -0.3 is 0 Å². The number of carbonyl (C=O) groups excluding carboxylic acids is 1. The van der Waals surface area contributed by atoms with Crippen LogP contribution in [-0.4, -0.2) is 5.78 Å². The lowest BCUT2D eigenvalue weighted by Crippen LogP contribution is -1.93. The van der Waals surface area contributed by atoms with Gasteiger partial charge in [0.2, 0.25) is 0 Å². The van der Waals surface area contributed by atoms with E-state index in [0.717, 1.165) is 10.0 Å². The summed E-state index contributed by atoms with van der Waals surface area (Å²) in [5.41, 5.74) is 1.56. The van der Waals surface area contributed by atoms with Crippen molar-refractivity contribution in [2.45, 2.75) is 0 Å². The van der Waals surface area contributed by atoms with E-state index in [1.807, 2.05) is 30.3 Å². The molecule has 0 saturated carbocycles. The van der Waals surface area contributed by atoms with E-state index in [0.29, 0.717) is 10.6 Å². The van der Waals surface area contributed by atoms with Gasteiger partial charge in [-0.2, -0.15) is 0 Å². The van der Waals surface area contributed by atoms with Gasteiger partial charge >= 0.3 is 0 Å². The summed E-state index contributed by atoms with van der Waals surface area (Å²) in [6.07, 6.45) is 3.31. The van der Waals surface area contributed by atoms with E-state index in [4.69, 9.17) is 11.6 Å². The van der Waals surface area contributed by atoms with Crippen LogP contribution < -0.4 is 0 Å². The van der Waals surface area contributed by atoms with Crippen LogP contribution in [0.1, 0.15) is 15.9 Å². The van der Waals surface area contributed by atoms with E-state index in [1.165, 1.54) is 0 Å². The third-order valence-electron chi connectivity index (χ3n) is 2.38. The lowest BCUT2D eigenvalue weighted by molar-refractivity contribution is 0.104. The van der Waals surface area contributed by atoms with Crippen molar-refractivity contribution in [3.05, 3.63) is 75.2 Å². The first kappa shape index (κ1) is 13.1. The van der Waals surface area contributed by atoms with Crippen molar-refractivity contribution in [3.63, 3.8) is 0 Å². The Morgan fingerprint density at radius 1 is 1.11 bits per heavy atom. The third kappa shape index (κ3) is 3.56. The molecule has 1 nitrogen and oxygen atoms in total. The Bertz CT molecular complexity index is 605. The largest absolute Gasteiger partial charge is 0.289 e. The van der Waals surface area contributed by atoms with Gasteiger partial charge in [0, 0.05) is 15.1 Å². The molecular formula is C15H10BrClO. The SMILES string of the molecule is O=C(C=Cc1cccc(Cl)c1)c1cccc(Br)c1. The normalized spacial score (nSPS) is 10.8. The van der Waals surface area contributed by atoms with Gasteiger partial charge in [-0.05, 0) is 35.9 Å². The van der Waals surface area contributed by atoms with Gasteiger partial charge in [0.15, 0.2) is 5.78 Å². The predicted molar refractivity (Wildman–Crippen MR) is 79.0 cm³/mol. The molecular weight excluding hydrogens is 312 g/mol. The maximum Gasteiger partial charge on any atom is 0.185 e. The Morgan fingerprint density at radius 3 is 2.61 bits per heavy atom. The molecule has 0 aliphatic rings. The Balaban J connectivity index is 2.17. The van der Waals surface area contributed by atoms with Gasteiger partial charge in [0.05, 0.1) is 0 Å². The van der Waals surface area contributed by atoms with Crippen molar-refractivity contribution in [2.75, 3.05) is 0 Å². The highest BCUT2D eigenvalue weighted by atomic mass is 79.9. The monoisotopic (exact) mass is 320 g/mol. The fourth-order valence-electron chi connectivity index (χ4n) is 1.52. The average molecular weight is 322 g/mol. The molecule has 3 heteroatoms. The number of carbonyl (C=O) groups is 1. The molecule has 2 rings (SSSR count). The smallest absolute Gasteiger partial charge is 0.185 e. The number of rotatable bonds is 3. The van der Waals surface area contributed by atoms with Crippen molar-refractivity contribution in [1.82, 2.24) is 0 Å². The summed E-state index contributed by atoms with van der Waals surface area (Å²) >= 11 is 9.22. The summed E-state index contributed by atoms with van der Waals surface area (Å²) in [5.74, 6) is -0.0312. The minimum Gasteiger partial charge on any atom is -0.289 e. The molecule has 18 heavy (non-hydrogen) atoms. The van der Waals surface area contributed by atoms with Crippen molar-refractivity contribution in [3.8, 4) is 0 Å². The standard InChI is InChI=1S/C15H10BrClO/c16-13-5-2-4-12(10-13)15(18)8-7-11-3-1-6-14(17)9-11/h1-10H. The van der Waals surface area contributed by atoms with Gasteiger partial charge in [-0.15, -0.1) is 0 Å². The quantitative estimate of drug-likeness (QED) is 0.574. The van der Waals surface area contributed by atoms with E-state index in [-0.39, 0.29) is 5.78 Å². The fourth-order valence-corrected chi connectivity index (χ4v) is 2.12. The minimum absolute atomic E-state index is 0.0312. The summed E-state index contributed by atoms with van der Waals surface area (Å²) in [5, 5.41) is 0.659. The Hall–Kier alpha value is -1.38. The van der Waals surface area contributed by atoms with Crippen LogP contribution in [0.15, 0.2) is 59.1 Å². The summed E-state index contributed by atoms with van der Waals surface area (Å²) in [6.45, 7) is 0. The maximum absolute atomic E-state index is 11.9. The van der Waals surface area contributed by atoms with Crippen molar-refractivity contribution in [2.24, 2.45) is 0 Å². The molecule has 0 spiro atoms. The molecule has 90 valence electrons. The lowest BCUT2D eigenvalue weighted by atomic mass is 10.1. The fraction of sp³-hybridized carbons (Fsp3) is 0. The summed E-state index contributed by atoms with van der Waals surface area (Å²) in [6, 6.07) is 14.7. The summed E-state index contributed by atoms with van der Waals surface area (Å²) in [7, 11) is 0. The molecule has 0 aliphatic heterocycles. The summed E-state index contributed by atoms with van der Waals surface area (Å²) in [4.78, 5) is 11.9. The molecule has 0 heterocycles. The third-order valence-corrected chi connectivity index (χ3v) is 3.11. The maximum atomic E-state index is 11.9. The molecule has 0 N–H and O–H groups in total. The second-order valence-corrected chi connectivity index (χ2v) is 5.12. The van der Waals surface area contributed by atoms with E-state index < -0.39 is 0 Å². The number of ketones is 1. The highest BCUT2D eigenvalue weighted by Crippen LogP contribution is 2.14. The molecule has 0 aromatic heterocycles. The summed E-state index contributed by atoms with van der Waals surface area (Å²) < 4.78 is 0.893. The van der Waals surface area contributed by atoms with Crippen LogP contribution in [0, 0.1) is 0 Å². The zero-order chi connectivity index (χ0) is 13.0. The van der Waals surface area contributed by atoms with Gasteiger partial charge in [0.1, 0.15) is 0 Å². The van der Waals surface area contributed by atoms with Gasteiger partial charge in [-0.25, -0.2) is 0 Å². The van der Waals surface area contributed by atoms with Gasteiger partial charge in [-0.3, -0.25) is 4.79 Å². The van der Waals surface area contributed by atoms with E-state index in [2.05, 4.69) is 15.9 Å². The van der Waals surface area contributed by atoms with Crippen LogP contribution in [0.5, 0.6) is 0 Å². The van der Waals surface area contributed by atoms with Crippen LogP contribution in [-0.2, 0) is 0 Å². The second-order valence-electron chi connectivity index (χ2n) is 3.76. The first-order valence-corrected chi connectivity index (χ1v) is 6.56. The first-order valence-electron chi connectivity index (χ1n) is 5.39. The molecule has 2 aromatic rings. The number of benzene rings is 2. The molecule has 0 amide bonds. The van der Waals surface area contributed by atoms with Crippen molar-refractivity contribution >= 4 is 39.4 Å². The van der Waals surface area contributed by atoms with Gasteiger partial charge in [-0.1, -0.05) is 57.9 Å². The van der Waals surface area contributed by atoms with Crippen LogP contribution in [0.3, 0.4) is 0 Å². The highest BCUT2D eigenvalue weighted by molar-refractivity contribution is 9.10. The van der Waals surface area contributed by atoms with Crippen LogP contribution >= 0.6 is 27.5 Å². The Kier molecular flexibility index (Phi) is 4.34. The Morgan fingerprint density at radius 2 is 1.89 bits per heavy atom. The van der Waals surface area contributed by atoms with E-state index in [1.54, 1.807) is 30.4 Å². The second kappa shape index (κ2) is 5.98.